The van der Waals surface area contributed by atoms with E-state index in [1.165, 1.54) is 23.0 Å². The molecule has 2 amide bonds. The Bertz CT molecular complexity index is 1200. The van der Waals surface area contributed by atoms with E-state index in [2.05, 4.69) is 16.6 Å². The van der Waals surface area contributed by atoms with Crippen LogP contribution in [0, 0.1) is 32.0 Å². The third-order valence-electron chi connectivity index (χ3n) is 4.75. The zero-order valence-electron chi connectivity index (χ0n) is 16.1. The van der Waals surface area contributed by atoms with Crippen LogP contribution in [0.1, 0.15) is 32.1 Å². The highest BCUT2D eigenvalue weighted by Crippen LogP contribution is 2.27. The zero-order chi connectivity index (χ0) is 21.3. The van der Waals surface area contributed by atoms with Gasteiger partial charge in [-0.2, -0.15) is 0 Å². The SMILES string of the molecule is C#CCNC(=O)C(=O)c1c(C)c(C(=O)Nc2ccc3occc3c2F)n(C)c1C. The van der Waals surface area contributed by atoms with Gasteiger partial charge < -0.3 is 19.6 Å². The molecule has 0 saturated carbocycles. The van der Waals surface area contributed by atoms with Crippen LogP contribution in [0.15, 0.2) is 28.9 Å². The van der Waals surface area contributed by atoms with Gasteiger partial charge in [0.2, 0.25) is 0 Å². The van der Waals surface area contributed by atoms with Gasteiger partial charge in [0, 0.05) is 12.7 Å². The number of terminal acetylenes is 1. The van der Waals surface area contributed by atoms with Crippen LogP contribution in [0.25, 0.3) is 11.0 Å². The number of Topliss-reactive ketones (excluding diaryl/α,β-unsaturated/α-hetero) is 1. The Kier molecular flexibility index (Phi) is 5.24. The van der Waals surface area contributed by atoms with Crippen LogP contribution in [0.4, 0.5) is 10.1 Å². The van der Waals surface area contributed by atoms with Crippen molar-refractivity contribution in [1.29, 1.82) is 0 Å². The summed E-state index contributed by atoms with van der Waals surface area (Å²) in [6, 6.07) is 4.40. The van der Waals surface area contributed by atoms with Crippen LogP contribution in [0.5, 0.6) is 0 Å². The Morgan fingerprint density at radius 2 is 1.97 bits per heavy atom. The smallest absolute Gasteiger partial charge is 0.293 e. The van der Waals surface area contributed by atoms with E-state index in [0.29, 0.717) is 16.8 Å². The molecule has 0 atom stereocenters. The zero-order valence-corrected chi connectivity index (χ0v) is 16.1. The van der Waals surface area contributed by atoms with E-state index in [0.717, 1.165) is 0 Å². The first kappa shape index (κ1) is 19.9. The fourth-order valence-electron chi connectivity index (χ4n) is 3.25. The number of carbonyl (C=O) groups excluding carboxylic acids is 3. The summed E-state index contributed by atoms with van der Waals surface area (Å²) in [6.07, 6.45) is 6.44. The van der Waals surface area contributed by atoms with E-state index in [1.807, 2.05) is 0 Å². The quantitative estimate of drug-likeness (QED) is 0.395. The highest BCUT2D eigenvalue weighted by Gasteiger charge is 2.28. The van der Waals surface area contributed by atoms with Gasteiger partial charge in [0.05, 0.1) is 29.4 Å². The third kappa shape index (κ3) is 3.38. The topological polar surface area (TPSA) is 93.3 Å². The van der Waals surface area contributed by atoms with Gasteiger partial charge in [-0.15, -0.1) is 6.42 Å². The van der Waals surface area contributed by atoms with Crippen LogP contribution in [0.3, 0.4) is 0 Å². The maximum Gasteiger partial charge on any atom is 0.293 e. The standard InChI is InChI=1S/C21H18FN3O4/c1-5-9-23-21(28)19(26)16-11(2)18(25(4)12(16)3)20(27)24-14-6-7-15-13(17(14)22)8-10-29-15/h1,6-8,10H,9H2,2-4H3,(H,23,28)(H,24,27). The Morgan fingerprint density at radius 3 is 2.66 bits per heavy atom. The summed E-state index contributed by atoms with van der Waals surface area (Å²) in [5, 5.41) is 5.07. The molecule has 0 unspecified atom stereocenters. The molecule has 1 aromatic carbocycles. The van der Waals surface area contributed by atoms with E-state index in [9.17, 15) is 18.8 Å². The van der Waals surface area contributed by atoms with Crippen LogP contribution in [-0.4, -0.2) is 28.7 Å². The fraction of sp³-hybridized carbons (Fsp3) is 0.190. The van der Waals surface area contributed by atoms with E-state index in [-0.39, 0.29) is 28.9 Å². The molecule has 2 heterocycles. The highest BCUT2D eigenvalue weighted by molar-refractivity contribution is 6.43. The Labute approximate surface area is 165 Å². The number of hydrogen-bond donors (Lipinski definition) is 2. The molecule has 7 nitrogen and oxygen atoms in total. The number of rotatable bonds is 5. The molecule has 29 heavy (non-hydrogen) atoms. The van der Waals surface area contributed by atoms with Gasteiger partial charge >= 0.3 is 0 Å². The molecule has 2 aromatic heterocycles. The summed E-state index contributed by atoms with van der Waals surface area (Å²) in [5.41, 5.74) is 1.33. The summed E-state index contributed by atoms with van der Waals surface area (Å²) >= 11 is 0. The monoisotopic (exact) mass is 395 g/mol. The molecule has 3 rings (SSSR count). The molecule has 0 aliphatic carbocycles. The lowest BCUT2D eigenvalue weighted by atomic mass is 10.0. The minimum absolute atomic E-state index is 0.0261. The first-order valence-corrected chi connectivity index (χ1v) is 8.66. The van der Waals surface area contributed by atoms with Gasteiger partial charge in [0.15, 0.2) is 5.82 Å². The number of anilines is 1. The van der Waals surface area contributed by atoms with E-state index < -0.39 is 23.4 Å². The molecular weight excluding hydrogens is 377 g/mol. The number of carbonyl (C=O) groups is 3. The number of nitrogens with one attached hydrogen (secondary N) is 2. The Hall–Kier alpha value is -3.86. The molecule has 0 saturated heterocycles. The fourth-order valence-corrected chi connectivity index (χ4v) is 3.25. The minimum Gasteiger partial charge on any atom is -0.464 e. The predicted molar refractivity (Wildman–Crippen MR) is 105 cm³/mol. The summed E-state index contributed by atoms with van der Waals surface area (Å²) in [6.45, 7) is 3.08. The third-order valence-corrected chi connectivity index (χ3v) is 4.75. The van der Waals surface area contributed by atoms with Gasteiger partial charge in [-0.25, -0.2) is 4.39 Å². The second-order valence-electron chi connectivity index (χ2n) is 6.42. The normalized spacial score (nSPS) is 10.6. The number of nitrogens with zero attached hydrogens (tertiary/aromatic N) is 1. The maximum atomic E-state index is 14.6. The van der Waals surface area contributed by atoms with E-state index in [1.54, 1.807) is 27.0 Å². The molecule has 0 aliphatic rings. The largest absolute Gasteiger partial charge is 0.464 e. The first-order chi connectivity index (χ1) is 13.8. The first-order valence-electron chi connectivity index (χ1n) is 8.66. The molecular formula is C21H18FN3O4. The summed E-state index contributed by atoms with van der Waals surface area (Å²) < 4.78 is 21.2. The molecule has 0 radical (unpaired) electrons. The number of halogens is 1. The number of benzene rings is 1. The van der Waals surface area contributed by atoms with Gasteiger partial charge in [-0.3, -0.25) is 14.4 Å². The van der Waals surface area contributed by atoms with Gasteiger partial charge in [0.1, 0.15) is 11.3 Å². The van der Waals surface area contributed by atoms with Crippen molar-refractivity contribution in [3.63, 3.8) is 0 Å². The molecule has 0 aliphatic heterocycles. The van der Waals surface area contributed by atoms with Crippen molar-refractivity contribution in [3.8, 4) is 12.3 Å². The number of aromatic nitrogens is 1. The van der Waals surface area contributed by atoms with Gasteiger partial charge in [-0.1, -0.05) is 5.92 Å². The van der Waals surface area contributed by atoms with Crippen molar-refractivity contribution < 1.29 is 23.2 Å². The van der Waals surface area contributed by atoms with Crippen LogP contribution in [0.2, 0.25) is 0 Å². The Balaban J connectivity index is 1.95. The Morgan fingerprint density at radius 1 is 1.24 bits per heavy atom. The van der Waals surface area contributed by atoms with Crippen LogP contribution < -0.4 is 10.6 Å². The van der Waals surface area contributed by atoms with Gasteiger partial charge in [-0.05, 0) is 37.6 Å². The molecule has 2 N–H and O–H groups in total. The second kappa shape index (κ2) is 7.64. The summed E-state index contributed by atoms with van der Waals surface area (Å²) in [5.74, 6) is -0.677. The van der Waals surface area contributed by atoms with Crippen molar-refractivity contribution in [3.05, 3.63) is 52.8 Å². The summed E-state index contributed by atoms with van der Waals surface area (Å²) in [4.78, 5) is 37.4. The molecule has 8 heteroatoms. The van der Waals surface area contributed by atoms with Gasteiger partial charge in [0.25, 0.3) is 17.6 Å². The van der Waals surface area contributed by atoms with E-state index in [4.69, 9.17) is 10.8 Å². The van der Waals surface area contributed by atoms with Crippen molar-refractivity contribution in [2.75, 3.05) is 11.9 Å². The van der Waals surface area contributed by atoms with Crippen LogP contribution in [-0.2, 0) is 11.8 Å². The number of ketones is 1. The molecule has 0 bridgehead atoms. The lowest BCUT2D eigenvalue weighted by Crippen LogP contribution is -2.31. The van der Waals surface area contributed by atoms with E-state index >= 15 is 0 Å². The lowest BCUT2D eigenvalue weighted by molar-refractivity contribution is -0.116. The molecule has 3 aromatic rings. The van der Waals surface area contributed by atoms with Crippen molar-refractivity contribution in [2.24, 2.45) is 7.05 Å². The van der Waals surface area contributed by atoms with Crippen LogP contribution >= 0.6 is 0 Å². The number of hydrogen-bond acceptors (Lipinski definition) is 4. The highest BCUT2D eigenvalue weighted by atomic mass is 19.1. The molecule has 0 fully saturated rings. The van der Waals surface area contributed by atoms with Crippen molar-refractivity contribution >= 4 is 34.3 Å². The number of furan rings is 1. The summed E-state index contributed by atoms with van der Waals surface area (Å²) in [7, 11) is 1.59. The van der Waals surface area contributed by atoms with Crippen molar-refractivity contribution in [2.45, 2.75) is 13.8 Å². The second-order valence-corrected chi connectivity index (χ2v) is 6.42. The average molecular weight is 395 g/mol. The number of amides is 2. The molecule has 148 valence electrons. The maximum absolute atomic E-state index is 14.6. The lowest BCUT2D eigenvalue weighted by Gasteiger charge is -2.09. The predicted octanol–water partition coefficient (Wildman–Crippen LogP) is 2.71. The number of fused-ring (bicyclic) bond motifs is 1. The van der Waals surface area contributed by atoms with Crippen molar-refractivity contribution in [1.82, 2.24) is 9.88 Å². The average Bonchev–Trinajstić information content (AvgIpc) is 3.25. The molecule has 0 spiro atoms. The minimum atomic E-state index is -0.858.